The molecular weight excluding hydrogens is 192 g/mol. The lowest BCUT2D eigenvalue weighted by Crippen LogP contribution is -2.25. The molecular formula is C8H9F2N3O. The van der Waals surface area contributed by atoms with Gasteiger partial charge in [0.2, 0.25) is 0 Å². The highest BCUT2D eigenvalue weighted by Gasteiger charge is 2.24. The molecule has 0 unspecified atom stereocenters. The highest BCUT2D eigenvalue weighted by atomic mass is 19.3. The van der Waals surface area contributed by atoms with E-state index in [1.165, 1.54) is 6.07 Å². The zero-order valence-electron chi connectivity index (χ0n) is 7.28. The SMILES string of the molecule is O=C(NC1CC1)c1ccn(C(F)F)n1. The quantitative estimate of drug-likeness (QED) is 0.797. The molecule has 1 aliphatic carbocycles. The number of halogens is 2. The monoisotopic (exact) mass is 201 g/mol. The Bertz CT molecular complexity index is 346. The van der Waals surface area contributed by atoms with Crippen molar-refractivity contribution in [1.29, 1.82) is 0 Å². The maximum absolute atomic E-state index is 12.1. The molecule has 14 heavy (non-hydrogen) atoms. The van der Waals surface area contributed by atoms with E-state index in [1.54, 1.807) is 0 Å². The summed E-state index contributed by atoms with van der Waals surface area (Å²) in [5.74, 6) is -0.382. The van der Waals surface area contributed by atoms with Crippen LogP contribution in [0.4, 0.5) is 8.78 Å². The van der Waals surface area contributed by atoms with E-state index < -0.39 is 6.55 Å². The van der Waals surface area contributed by atoms with Gasteiger partial charge in [0.25, 0.3) is 5.91 Å². The Morgan fingerprint density at radius 2 is 2.36 bits per heavy atom. The number of hydrogen-bond acceptors (Lipinski definition) is 2. The second-order valence-corrected chi connectivity index (χ2v) is 3.21. The lowest BCUT2D eigenvalue weighted by molar-refractivity contribution is 0.0560. The standard InChI is InChI=1S/C8H9F2N3O/c9-8(10)13-4-3-6(12-13)7(14)11-5-1-2-5/h3-5,8H,1-2H2,(H,11,14). The molecule has 1 aromatic heterocycles. The molecule has 1 amide bonds. The number of amides is 1. The molecule has 0 aliphatic heterocycles. The van der Waals surface area contributed by atoms with Gasteiger partial charge in [-0.15, -0.1) is 0 Å². The van der Waals surface area contributed by atoms with Crippen LogP contribution in [0.2, 0.25) is 0 Å². The third kappa shape index (κ3) is 1.89. The summed E-state index contributed by atoms with van der Waals surface area (Å²) in [6, 6.07) is 1.49. The zero-order chi connectivity index (χ0) is 10.1. The summed E-state index contributed by atoms with van der Waals surface area (Å²) in [7, 11) is 0. The molecule has 1 saturated carbocycles. The van der Waals surface area contributed by atoms with Crippen LogP contribution in [0.15, 0.2) is 12.3 Å². The van der Waals surface area contributed by atoms with E-state index in [0.29, 0.717) is 4.68 Å². The van der Waals surface area contributed by atoms with Crippen LogP contribution >= 0.6 is 0 Å². The van der Waals surface area contributed by atoms with Crippen LogP contribution in [-0.2, 0) is 0 Å². The topological polar surface area (TPSA) is 46.9 Å². The number of hydrogen-bond donors (Lipinski definition) is 1. The van der Waals surface area contributed by atoms with Gasteiger partial charge in [-0.3, -0.25) is 4.79 Å². The average molecular weight is 201 g/mol. The molecule has 1 heterocycles. The molecule has 0 atom stereocenters. The number of nitrogens with zero attached hydrogens (tertiary/aromatic N) is 2. The van der Waals surface area contributed by atoms with Gasteiger partial charge < -0.3 is 5.32 Å². The number of carbonyl (C=O) groups is 1. The van der Waals surface area contributed by atoms with E-state index in [9.17, 15) is 13.6 Å². The van der Waals surface area contributed by atoms with Crippen molar-refractivity contribution < 1.29 is 13.6 Å². The Morgan fingerprint density at radius 1 is 1.64 bits per heavy atom. The Balaban J connectivity index is 2.03. The van der Waals surface area contributed by atoms with Crippen molar-refractivity contribution in [1.82, 2.24) is 15.1 Å². The van der Waals surface area contributed by atoms with Gasteiger partial charge in [0, 0.05) is 12.2 Å². The molecule has 4 nitrogen and oxygen atoms in total. The molecule has 6 heteroatoms. The highest BCUT2D eigenvalue weighted by molar-refractivity contribution is 5.92. The Kier molecular flexibility index (Phi) is 2.18. The highest BCUT2D eigenvalue weighted by Crippen LogP contribution is 2.19. The second kappa shape index (κ2) is 3.36. The van der Waals surface area contributed by atoms with Crippen LogP contribution in [-0.4, -0.2) is 21.7 Å². The maximum Gasteiger partial charge on any atom is 0.333 e. The third-order valence-corrected chi connectivity index (χ3v) is 1.95. The minimum atomic E-state index is -2.70. The summed E-state index contributed by atoms with van der Waals surface area (Å²) in [5.41, 5.74) is 0.0391. The van der Waals surface area contributed by atoms with Crippen molar-refractivity contribution in [3.05, 3.63) is 18.0 Å². The van der Waals surface area contributed by atoms with Crippen molar-refractivity contribution in [2.75, 3.05) is 0 Å². The van der Waals surface area contributed by atoms with Gasteiger partial charge in [0.15, 0.2) is 0 Å². The molecule has 0 bridgehead atoms. The molecule has 1 fully saturated rings. The Morgan fingerprint density at radius 3 is 2.86 bits per heavy atom. The molecule has 1 aliphatic rings. The van der Waals surface area contributed by atoms with Crippen molar-refractivity contribution >= 4 is 5.91 Å². The molecule has 76 valence electrons. The largest absolute Gasteiger partial charge is 0.348 e. The first-order chi connectivity index (χ1) is 6.66. The van der Waals surface area contributed by atoms with Gasteiger partial charge in [-0.1, -0.05) is 0 Å². The molecule has 0 spiro atoms. The van der Waals surface area contributed by atoms with Gasteiger partial charge in [-0.05, 0) is 18.9 Å². The fraction of sp³-hybridized carbons (Fsp3) is 0.500. The zero-order valence-corrected chi connectivity index (χ0v) is 7.28. The molecule has 0 radical (unpaired) electrons. The normalized spacial score (nSPS) is 15.9. The molecule has 0 aromatic carbocycles. The molecule has 1 N–H and O–H groups in total. The maximum atomic E-state index is 12.1. The van der Waals surface area contributed by atoms with Gasteiger partial charge in [0.1, 0.15) is 5.69 Å². The second-order valence-electron chi connectivity index (χ2n) is 3.21. The van der Waals surface area contributed by atoms with Crippen LogP contribution in [0, 0.1) is 0 Å². The summed E-state index contributed by atoms with van der Waals surface area (Å²) in [6.45, 7) is -2.70. The number of nitrogens with one attached hydrogen (secondary N) is 1. The van der Waals surface area contributed by atoms with E-state index >= 15 is 0 Å². The van der Waals surface area contributed by atoms with E-state index in [-0.39, 0.29) is 17.6 Å². The van der Waals surface area contributed by atoms with Crippen LogP contribution < -0.4 is 5.32 Å². The average Bonchev–Trinajstić information content (AvgIpc) is 2.81. The van der Waals surface area contributed by atoms with Crippen LogP contribution in [0.25, 0.3) is 0 Å². The van der Waals surface area contributed by atoms with Gasteiger partial charge in [-0.25, -0.2) is 4.68 Å². The summed E-state index contributed by atoms with van der Waals surface area (Å²) in [5, 5.41) is 6.11. The van der Waals surface area contributed by atoms with Gasteiger partial charge in [0.05, 0.1) is 0 Å². The first-order valence-electron chi connectivity index (χ1n) is 4.31. The lowest BCUT2D eigenvalue weighted by atomic mass is 10.4. The first-order valence-corrected chi connectivity index (χ1v) is 4.31. The summed E-state index contributed by atoms with van der Waals surface area (Å²) >= 11 is 0. The molecule has 2 rings (SSSR count). The van der Waals surface area contributed by atoms with Crippen molar-refractivity contribution in [3.63, 3.8) is 0 Å². The summed E-state index contributed by atoms with van der Waals surface area (Å²) in [6.07, 6.45) is 3.01. The summed E-state index contributed by atoms with van der Waals surface area (Å²) in [4.78, 5) is 11.3. The van der Waals surface area contributed by atoms with E-state index in [0.717, 1.165) is 19.0 Å². The Hall–Kier alpha value is -1.46. The number of aromatic nitrogens is 2. The van der Waals surface area contributed by atoms with Gasteiger partial charge in [-0.2, -0.15) is 13.9 Å². The lowest BCUT2D eigenvalue weighted by Gasteiger charge is -1.99. The van der Waals surface area contributed by atoms with Crippen molar-refractivity contribution in [2.45, 2.75) is 25.4 Å². The third-order valence-electron chi connectivity index (χ3n) is 1.95. The summed E-state index contributed by atoms with van der Waals surface area (Å²) < 4.78 is 24.6. The van der Waals surface area contributed by atoms with E-state index in [4.69, 9.17) is 0 Å². The molecule has 0 saturated heterocycles. The van der Waals surface area contributed by atoms with Crippen molar-refractivity contribution in [2.24, 2.45) is 0 Å². The predicted octanol–water partition coefficient (Wildman–Crippen LogP) is 1.17. The minimum Gasteiger partial charge on any atom is -0.348 e. The Labute approximate surface area is 78.9 Å². The first kappa shape index (κ1) is 9.11. The van der Waals surface area contributed by atoms with Crippen LogP contribution in [0.3, 0.4) is 0 Å². The number of alkyl halides is 2. The fourth-order valence-corrected chi connectivity index (χ4v) is 1.05. The number of rotatable bonds is 3. The molecule has 1 aromatic rings. The number of carbonyl (C=O) groups excluding carboxylic acids is 1. The van der Waals surface area contributed by atoms with Crippen LogP contribution in [0.1, 0.15) is 29.9 Å². The van der Waals surface area contributed by atoms with Gasteiger partial charge >= 0.3 is 6.55 Å². The van der Waals surface area contributed by atoms with E-state index in [2.05, 4.69) is 10.4 Å². The van der Waals surface area contributed by atoms with E-state index in [1.807, 2.05) is 0 Å². The fourth-order valence-electron chi connectivity index (χ4n) is 1.05. The minimum absolute atomic E-state index is 0.0391. The predicted molar refractivity (Wildman–Crippen MR) is 44.0 cm³/mol. The van der Waals surface area contributed by atoms with Crippen molar-refractivity contribution in [3.8, 4) is 0 Å². The smallest absolute Gasteiger partial charge is 0.333 e. The van der Waals surface area contributed by atoms with Crippen LogP contribution in [0.5, 0.6) is 0 Å².